The van der Waals surface area contributed by atoms with Crippen molar-refractivity contribution in [2.75, 3.05) is 7.11 Å². The van der Waals surface area contributed by atoms with Crippen LogP contribution in [0.1, 0.15) is 5.56 Å². The number of ether oxygens (including phenoxy) is 1. The van der Waals surface area contributed by atoms with Crippen molar-refractivity contribution < 1.29 is 27.1 Å². The predicted octanol–water partition coefficient (Wildman–Crippen LogP) is 0.554. The fourth-order valence-corrected chi connectivity index (χ4v) is 1.05. The molecular weight excluding hydrogens is 238 g/mol. The minimum Gasteiger partial charge on any atom is -0.507 e. The van der Waals surface area contributed by atoms with Crippen molar-refractivity contribution in [3.05, 3.63) is 23.8 Å². The molecule has 2 N–H and O–H groups in total. The molecule has 8 heteroatoms. The van der Waals surface area contributed by atoms with E-state index in [-0.39, 0.29) is 11.3 Å². The predicted molar refractivity (Wildman–Crippen MR) is 54.9 cm³/mol. The van der Waals surface area contributed by atoms with E-state index in [4.69, 9.17) is 9.29 Å². The van der Waals surface area contributed by atoms with Gasteiger partial charge >= 0.3 is 10.4 Å². The van der Waals surface area contributed by atoms with Crippen LogP contribution in [0.2, 0.25) is 0 Å². The van der Waals surface area contributed by atoms with E-state index >= 15 is 0 Å². The molecule has 0 bridgehead atoms. The van der Waals surface area contributed by atoms with Gasteiger partial charge in [0, 0.05) is 5.56 Å². The molecule has 0 aliphatic heterocycles. The molecule has 1 aromatic carbocycles. The monoisotopic (exact) mass is 247 g/mol. The third kappa shape index (κ3) is 3.75. The first-order valence-corrected chi connectivity index (χ1v) is 5.35. The molecule has 0 heterocycles. The molecule has 0 aliphatic carbocycles. The Morgan fingerprint density at radius 2 is 2.12 bits per heavy atom. The van der Waals surface area contributed by atoms with Crippen molar-refractivity contribution in [2.45, 2.75) is 0 Å². The van der Waals surface area contributed by atoms with Crippen LogP contribution in [-0.4, -0.2) is 31.4 Å². The van der Waals surface area contributed by atoms with Crippen molar-refractivity contribution in [2.24, 2.45) is 5.16 Å². The summed E-state index contributed by atoms with van der Waals surface area (Å²) in [5.74, 6) is 0.314. The van der Waals surface area contributed by atoms with E-state index in [2.05, 4.69) is 9.44 Å². The minimum atomic E-state index is -4.63. The second-order valence-corrected chi connectivity index (χ2v) is 3.67. The SMILES string of the molecule is COc1ccc(O)c(/C=N/OS(=O)(=O)O)c1. The van der Waals surface area contributed by atoms with Gasteiger partial charge in [-0.05, 0) is 18.2 Å². The van der Waals surface area contributed by atoms with E-state index in [1.165, 1.54) is 25.3 Å². The lowest BCUT2D eigenvalue weighted by molar-refractivity contribution is 0.284. The molecule has 1 aromatic rings. The standard InChI is InChI=1S/C8H9NO6S/c1-14-7-2-3-8(10)6(4-7)5-9-15-16(11,12)13/h2-5,10H,1H3,(H,11,12,13)/b9-5+. The van der Waals surface area contributed by atoms with E-state index in [9.17, 15) is 13.5 Å². The van der Waals surface area contributed by atoms with Crippen LogP contribution in [0.3, 0.4) is 0 Å². The van der Waals surface area contributed by atoms with Crippen LogP contribution in [0.15, 0.2) is 23.4 Å². The lowest BCUT2D eigenvalue weighted by Gasteiger charge is -2.02. The first-order chi connectivity index (χ1) is 7.42. The van der Waals surface area contributed by atoms with Crippen LogP contribution >= 0.6 is 0 Å². The number of benzene rings is 1. The molecule has 0 spiro atoms. The van der Waals surface area contributed by atoms with Crippen LogP contribution in [0.25, 0.3) is 0 Å². The highest BCUT2D eigenvalue weighted by molar-refractivity contribution is 7.80. The first-order valence-electron chi connectivity index (χ1n) is 3.99. The fraction of sp³-hybridized carbons (Fsp3) is 0.125. The molecule has 7 nitrogen and oxygen atoms in total. The summed E-state index contributed by atoms with van der Waals surface area (Å²) in [6.07, 6.45) is 0.922. The zero-order valence-corrected chi connectivity index (χ0v) is 9.01. The van der Waals surface area contributed by atoms with Crippen molar-refractivity contribution in [1.29, 1.82) is 0 Å². The maximum atomic E-state index is 10.2. The average molecular weight is 247 g/mol. The van der Waals surface area contributed by atoms with Crippen molar-refractivity contribution in [3.63, 3.8) is 0 Å². The van der Waals surface area contributed by atoms with Gasteiger partial charge in [-0.3, -0.25) is 4.55 Å². The maximum Gasteiger partial charge on any atom is 0.466 e. The third-order valence-corrected chi connectivity index (χ3v) is 1.84. The minimum absolute atomic E-state index is 0.136. The van der Waals surface area contributed by atoms with Gasteiger partial charge in [0.25, 0.3) is 0 Å². The molecule has 0 saturated heterocycles. The van der Waals surface area contributed by atoms with Crippen LogP contribution in [0.5, 0.6) is 11.5 Å². The molecule has 1 rings (SSSR count). The fourth-order valence-electron chi connectivity index (χ4n) is 0.896. The lowest BCUT2D eigenvalue weighted by atomic mass is 10.2. The number of methoxy groups -OCH3 is 1. The molecule has 16 heavy (non-hydrogen) atoms. The zero-order chi connectivity index (χ0) is 12.2. The highest BCUT2D eigenvalue weighted by Crippen LogP contribution is 2.21. The average Bonchev–Trinajstić information content (AvgIpc) is 2.19. The quantitative estimate of drug-likeness (QED) is 0.457. The van der Waals surface area contributed by atoms with Crippen LogP contribution in [0, 0.1) is 0 Å². The van der Waals surface area contributed by atoms with E-state index in [1.807, 2.05) is 0 Å². The Morgan fingerprint density at radius 3 is 2.69 bits per heavy atom. The Kier molecular flexibility index (Phi) is 3.69. The summed E-state index contributed by atoms with van der Waals surface area (Å²) in [7, 11) is -3.20. The number of hydrogen-bond acceptors (Lipinski definition) is 6. The first kappa shape index (κ1) is 12.3. The highest BCUT2D eigenvalue weighted by Gasteiger charge is 2.04. The Bertz CT molecular complexity index is 495. The smallest absolute Gasteiger partial charge is 0.466 e. The second kappa shape index (κ2) is 4.81. The Balaban J connectivity index is 2.88. The molecule has 0 fully saturated rings. The number of aromatic hydroxyl groups is 1. The van der Waals surface area contributed by atoms with Crippen molar-refractivity contribution in [3.8, 4) is 11.5 Å². The van der Waals surface area contributed by atoms with Gasteiger partial charge < -0.3 is 9.84 Å². The van der Waals surface area contributed by atoms with Gasteiger partial charge in [-0.15, -0.1) is 0 Å². The molecule has 0 amide bonds. The molecule has 0 unspecified atom stereocenters. The summed E-state index contributed by atoms with van der Waals surface area (Å²) in [5, 5.41) is 12.3. The summed E-state index contributed by atoms with van der Waals surface area (Å²) in [6.45, 7) is 0. The van der Waals surface area contributed by atoms with Crippen molar-refractivity contribution >= 4 is 16.6 Å². The number of nitrogens with zero attached hydrogens (tertiary/aromatic N) is 1. The zero-order valence-electron chi connectivity index (χ0n) is 8.19. The van der Waals surface area contributed by atoms with E-state index < -0.39 is 10.4 Å². The van der Waals surface area contributed by atoms with Gasteiger partial charge in [0.1, 0.15) is 11.5 Å². The van der Waals surface area contributed by atoms with Gasteiger partial charge in [0.05, 0.1) is 13.3 Å². The number of phenols is 1. The number of phenolic OH excluding ortho intramolecular Hbond substituents is 1. The molecule has 0 aliphatic rings. The van der Waals surface area contributed by atoms with Gasteiger partial charge in [0.2, 0.25) is 0 Å². The molecule has 0 saturated carbocycles. The van der Waals surface area contributed by atoms with E-state index in [1.54, 1.807) is 0 Å². The highest BCUT2D eigenvalue weighted by atomic mass is 32.3. The molecule has 0 radical (unpaired) electrons. The topological polar surface area (TPSA) is 105 Å². The van der Waals surface area contributed by atoms with Gasteiger partial charge in [0.15, 0.2) is 0 Å². The summed E-state index contributed by atoms with van der Waals surface area (Å²) < 4.78 is 37.1. The second-order valence-electron chi connectivity index (χ2n) is 2.66. The van der Waals surface area contributed by atoms with Crippen LogP contribution in [0.4, 0.5) is 0 Å². The Hall–Kier alpha value is -1.80. The molecule has 88 valence electrons. The summed E-state index contributed by atoms with van der Waals surface area (Å²) in [4.78, 5) is 0. The maximum absolute atomic E-state index is 10.2. The van der Waals surface area contributed by atoms with Crippen LogP contribution < -0.4 is 4.74 Å². The molecule has 0 aromatic heterocycles. The third-order valence-electron chi connectivity index (χ3n) is 1.56. The normalized spacial score (nSPS) is 11.6. The Morgan fingerprint density at radius 1 is 1.44 bits per heavy atom. The Labute approximate surface area is 91.9 Å². The van der Waals surface area contributed by atoms with Crippen molar-refractivity contribution in [1.82, 2.24) is 0 Å². The summed E-state index contributed by atoms with van der Waals surface area (Å²) in [5.41, 5.74) is 0.183. The van der Waals surface area contributed by atoms with Gasteiger partial charge in [-0.2, -0.15) is 8.42 Å². The van der Waals surface area contributed by atoms with Gasteiger partial charge in [-0.1, -0.05) is 5.16 Å². The van der Waals surface area contributed by atoms with Gasteiger partial charge in [-0.25, -0.2) is 4.28 Å². The summed E-state index contributed by atoms with van der Waals surface area (Å²) >= 11 is 0. The molecular formula is C8H9NO6S. The van der Waals surface area contributed by atoms with E-state index in [0.717, 1.165) is 6.21 Å². The lowest BCUT2D eigenvalue weighted by Crippen LogP contribution is -1.98. The molecule has 0 atom stereocenters. The van der Waals surface area contributed by atoms with E-state index in [0.29, 0.717) is 5.75 Å². The summed E-state index contributed by atoms with van der Waals surface area (Å²) in [6, 6.07) is 4.26. The largest absolute Gasteiger partial charge is 0.507 e. The number of hydrogen-bond donors (Lipinski definition) is 2. The van der Waals surface area contributed by atoms with Crippen LogP contribution in [-0.2, 0) is 14.7 Å². The number of rotatable bonds is 4. The number of oxime groups is 1.